The van der Waals surface area contributed by atoms with Crippen LogP contribution in [0.3, 0.4) is 0 Å². The zero-order valence-electron chi connectivity index (χ0n) is 9.06. The van der Waals surface area contributed by atoms with E-state index >= 15 is 0 Å². The molecule has 0 spiro atoms. The Labute approximate surface area is 97.7 Å². The molecule has 0 bridgehead atoms. The Morgan fingerprint density at radius 2 is 2.00 bits per heavy atom. The predicted octanol–water partition coefficient (Wildman–Crippen LogP) is 2.91. The van der Waals surface area contributed by atoms with Gasteiger partial charge in [0.05, 0.1) is 12.8 Å². The van der Waals surface area contributed by atoms with Gasteiger partial charge in [0.2, 0.25) is 5.01 Å². The molecule has 0 atom stereocenters. The molecule has 1 heterocycles. The first-order valence-electron chi connectivity index (χ1n) is 4.83. The molecule has 0 amide bonds. The summed E-state index contributed by atoms with van der Waals surface area (Å²) in [6.07, 6.45) is 0. The number of rotatable bonds is 2. The molecule has 4 heteroatoms. The Morgan fingerprint density at radius 3 is 2.62 bits per heavy atom. The minimum absolute atomic E-state index is 0.379. The number of thiazole rings is 1. The Morgan fingerprint density at radius 1 is 1.31 bits per heavy atom. The van der Waals surface area contributed by atoms with Crippen molar-refractivity contribution in [3.63, 3.8) is 0 Å². The highest BCUT2D eigenvalue weighted by Gasteiger charge is 2.15. The van der Waals surface area contributed by atoms with Gasteiger partial charge >= 0.3 is 5.97 Å². The largest absolute Gasteiger partial charge is 0.464 e. The molecule has 0 unspecified atom stereocenters. The molecule has 2 aromatic rings. The monoisotopic (exact) mass is 233 g/mol. The lowest BCUT2D eigenvalue weighted by molar-refractivity contribution is 0.0600. The van der Waals surface area contributed by atoms with Gasteiger partial charge in [-0.15, -0.1) is 11.3 Å². The third kappa shape index (κ3) is 1.97. The molecule has 0 fully saturated rings. The van der Waals surface area contributed by atoms with E-state index in [1.54, 1.807) is 0 Å². The van der Waals surface area contributed by atoms with Gasteiger partial charge in [-0.05, 0) is 6.92 Å². The van der Waals surface area contributed by atoms with Crippen LogP contribution < -0.4 is 0 Å². The van der Waals surface area contributed by atoms with E-state index in [-0.39, 0.29) is 5.97 Å². The molecule has 16 heavy (non-hydrogen) atoms. The van der Waals surface area contributed by atoms with Gasteiger partial charge in [-0.25, -0.2) is 9.78 Å². The summed E-state index contributed by atoms with van der Waals surface area (Å²) in [5.41, 5.74) is 1.87. The van der Waals surface area contributed by atoms with Crippen molar-refractivity contribution in [2.45, 2.75) is 6.92 Å². The number of hydrogen-bond acceptors (Lipinski definition) is 4. The number of carbonyl (C=O) groups is 1. The molecule has 0 aliphatic carbocycles. The third-order valence-corrected chi connectivity index (χ3v) is 3.15. The lowest BCUT2D eigenvalue weighted by atomic mass is 10.1. The average molecular weight is 233 g/mol. The van der Waals surface area contributed by atoms with Gasteiger partial charge in [-0.1, -0.05) is 30.3 Å². The van der Waals surface area contributed by atoms with Crippen LogP contribution in [0.5, 0.6) is 0 Å². The Hall–Kier alpha value is -1.68. The van der Waals surface area contributed by atoms with Gasteiger partial charge in [0.25, 0.3) is 0 Å². The van der Waals surface area contributed by atoms with Crippen molar-refractivity contribution in [3.05, 3.63) is 40.2 Å². The normalized spacial score (nSPS) is 10.1. The van der Waals surface area contributed by atoms with Crippen molar-refractivity contribution in [2.24, 2.45) is 0 Å². The third-order valence-electron chi connectivity index (χ3n) is 2.20. The van der Waals surface area contributed by atoms with E-state index < -0.39 is 0 Å². The Kier molecular flexibility index (Phi) is 3.01. The van der Waals surface area contributed by atoms with Crippen molar-refractivity contribution in [1.82, 2.24) is 4.98 Å². The molecule has 0 aliphatic heterocycles. The first-order valence-corrected chi connectivity index (χ1v) is 5.65. The smallest absolute Gasteiger partial charge is 0.367 e. The molecule has 2 rings (SSSR count). The number of methoxy groups -OCH3 is 1. The van der Waals surface area contributed by atoms with Crippen LogP contribution >= 0.6 is 11.3 Å². The molecule has 0 radical (unpaired) electrons. The number of ether oxygens (including phenoxy) is 1. The fraction of sp³-hybridized carbons (Fsp3) is 0.167. The number of aromatic nitrogens is 1. The summed E-state index contributed by atoms with van der Waals surface area (Å²) >= 11 is 1.36. The fourth-order valence-corrected chi connectivity index (χ4v) is 2.29. The number of benzene rings is 1. The van der Waals surface area contributed by atoms with Crippen LogP contribution in [0.1, 0.15) is 14.7 Å². The van der Waals surface area contributed by atoms with Crippen LogP contribution in [0.4, 0.5) is 0 Å². The predicted molar refractivity (Wildman–Crippen MR) is 63.6 cm³/mol. The SMILES string of the molecule is COC(=O)c1nc(-c2ccccc2)c(C)s1. The Bertz CT molecular complexity index is 505. The molecule has 0 aliphatic rings. The summed E-state index contributed by atoms with van der Waals surface area (Å²) in [7, 11) is 1.36. The first-order chi connectivity index (χ1) is 7.72. The summed E-state index contributed by atoms with van der Waals surface area (Å²) in [5, 5.41) is 0.402. The van der Waals surface area contributed by atoms with Crippen molar-refractivity contribution >= 4 is 17.3 Å². The lowest BCUT2D eigenvalue weighted by Crippen LogP contribution is -1.99. The van der Waals surface area contributed by atoms with E-state index in [1.807, 2.05) is 37.3 Å². The molecule has 0 saturated carbocycles. The topological polar surface area (TPSA) is 39.2 Å². The lowest BCUT2D eigenvalue weighted by Gasteiger charge is -1.96. The van der Waals surface area contributed by atoms with Crippen LogP contribution in [-0.2, 0) is 4.74 Å². The number of nitrogens with zero attached hydrogens (tertiary/aromatic N) is 1. The summed E-state index contributed by atoms with van der Waals surface area (Å²) in [6, 6.07) is 9.80. The van der Waals surface area contributed by atoms with E-state index in [9.17, 15) is 4.79 Å². The highest BCUT2D eigenvalue weighted by Crippen LogP contribution is 2.27. The van der Waals surface area contributed by atoms with Crippen LogP contribution in [0.2, 0.25) is 0 Å². The van der Waals surface area contributed by atoms with Crippen molar-refractivity contribution in [3.8, 4) is 11.3 Å². The van der Waals surface area contributed by atoms with Gasteiger partial charge in [-0.3, -0.25) is 0 Å². The maximum absolute atomic E-state index is 11.3. The summed E-state index contributed by atoms with van der Waals surface area (Å²) in [6.45, 7) is 1.95. The molecule has 82 valence electrons. The number of aryl methyl sites for hydroxylation is 1. The summed E-state index contributed by atoms with van der Waals surface area (Å²) in [4.78, 5) is 16.7. The fourth-order valence-electron chi connectivity index (χ4n) is 1.43. The van der Waals surface area contributed by atoms with Crippen molar-refractivity contribution in [2.75, 3.05) is 7.11 Å². The molecular weight excluding hydrogens is 222 g/mol. The molecule has 1 aromatic heterocycles. The van der Waals surface area contributed by atoms with Crippen LogP contribution in [-0.4, -0.2) is 18.1 Å². The van der Waals surface area contributed by atoms with E-state index in [2.05, 4.69) is 9.72 Å². The van der Waals surface area contributed by atoms with Gasteiger partial charge in [0.15, 0.2) is 0 Å². The zero-order chi connectivity index (χ0) is 11.5. The second-order valence-corrected chi connectivity index (χ2v) is 4.48. The van der Waals surface area contributed by atoms with Crippen LogP contribution in [0.25, 0.3) is 11.3 Å². The molecule has 1 aromatic carbocycles. The van der Waals surface area contributed by atoms with E-state index in [4.69, 9.17) is 0 Å². The quantitative estimate of drug-likeness (QED) is 0.749. The minimum atomic E-state index is -0.379. The molecule has 0 N–H and O–H groups in total. The van der Waals surface area contributed by atoms with Gasteiger partial charge < -0.3 is 4.74 Å². The number of esters is 1. The van der Waals surface area contributed by atoms with Crippen molar-refractivity contribution < 1.29 is 9.53 Å². The number of carbonyl (C=O) groups excluding carboxylic acids is 1. The highest BCUT2D eigenvalue weighted by molar-refractivity contribution is 7.13. The van der Waals surface area contributed by atoms with Gasteiger partial charge in [0, 0.05) is 10.4 Å². The Balaban J connectivity index is 2.44. The highest BCUT2D eigenvalue weighted by atomic mass is 32.1. The maximum atomic E-state index is 11.3. The first kappa shape index (κ1) is 10.8. The molecule has 3 nitrogen and oxygen atoms in total. The van der Waals surface area contributed by atoms with E-state index in [0.717, 1.165) is 16.1 Å². The van der Waals surface area contributed by atoms with Crippen molar-refractivity contribution in [1.29, 1.82) is 0 Å². The second kappa shape index (κ2) is 4.45. The number of hydrogen-bond donors (Lipinski definition) is 0. The standard InChI is InChI=1S/C12H11NO2S/c1-8-10(9-6-4-3-5-7-9)13-11(16-8)12(14)15-2/h3-7H,1-2H3. The maximum Gasteiger partial charge on any atom is 0.367 e. The van der Waals surface area contributed by atoms with Gasteiger partial charge in [-0.2, -0.15) is 0 Å². The second-order valence-electron chi connectivity index (χ2n) is 3.28. The molecular formula is C12H11NO2S. The van der Waals surface area contributed by atoms with Gasteiger partial charge in [0.1, 0.15) is 0 Å². The molecule has 0 saturated heterocycles. The summed E-state index contributed by atoms with van der Waals surface area (Å²) < 4.78 is 4.65. The summed E-state index contributed by atoms with van der Waals surface area (Å²) in [5.74, 6) is -0.379. The van der Waals surface area contributed by atoms with Crippen LogP contribution in [0, 0.1) is 6.92 Å². The van der Waals surface area contributed by atoms with E-state index in [1.165, 1.54) is 18.4 Å². The average Bonchev–Trinajstić information content (AvgIpc) is 2.71. The zero-order valence-corrected chi connectivity index (χ0v) is 9.88. The minimum Gasteiger partial charge on any atom is -0.464 e. The van der Waals surface area contributed by atoms with E-state index in [0.29, 0.717) is 5.01 Å². The van der Waals surface area contributed by atoms with Crippen LogP contribution in [0.15, 0.2) is 30.3 Å².